The lowest BCUT2D eigenvalue weighted by Crippen LogP contribution is -2.60. The Kier molecular flexibility index (Phi) is 45.6. The predicted molar refractivity (Wildman–Crippen MR) is 281 cm³/mol. The fourth-order valence-electron chi connectivity index (χ4n) is 9.26. The second-order valence-corrected chi connectivity index (χ2v) is 21.3. The minimum Gasteiger partial charge on any atom is -0.457 e. The Bertz CT molecular complexity index is 1250. The third kappa shape index (κ3) is 40.9. The number of aliphatic hydroxyl groups is 3. The van der Waals surface area contributed by atoms with E-state index in [4.69, 9.17) is 18.9 Å². The van der Waals surface area contributed by atoms with Crippen LogP contribution in [0.3, 0.4) is 0 Å². The molecule has 13 heteroatoms. The van der Waals surface area contributed by atoms with E-state index >= 15 is 0 Å². The molecule has 0 bridgehead atoms. The van der Waals surface area contributed by atoms with Gasteiger partial charge in [-0.15, -0.1) is 0 Å². The van der Waals surface area contributed by atoms with Crippen molar-refractivity contribution in [1.82, 2.24) is 0 Å². The van der Waals surface area contributed by atoms with Crippen molar-refractivity contribution in [3.8, 4) is 0 Å². The number of carbonyl (C=O) groups is 1. The normalized spacial score (nSPS) is 19.2. The van der Waals surface area contributed by atoms with Crippen molar-refractivity contribution in [2.24, 2.45) is 0 Å². The first-order chi connectivity index (χ1) is 33.6. The SMILES string of the molecule is CCCCCCCCC/C=C\CCCCCCCCCC(=O)OC(COCCCCCCCCCCCCCCCCCCCCCCCCCC)COC1OC(CO)C(O)C(OS(=O)(=O)O)C1O. The summed E-state index contributed by atoms with van der Waals surface area (Å²) in [6.07, 6.45) is 46.8. The highest BCUT2D eigenvalue weighted by Crippen LogP contribution is 2.26. The monoisotopic (exact) mass is 1000 g/mol. The van der Waals surface area contributed by atoms with Gasteiger partial charge in [-0.1, -0.05) is 244 Å². The molecule has 0 aromatic carbocycles. The van der Waals surface area contributed by atoms with Crippen LogP contribution in [0.25, 0.3) is 0 Å². The molecule has 69 heavy (non-hydrogen) atoms. The average Bonchev–Trinajstić information content (AvgIpc) is 3.32. The number of carbonyl (C=O) groups excluding carboxylic acids is 1. The Hall–Kier alpha value is -1.16. The fourth-order valence-corrected chi connectivity index (χ4v) is 9.77. The number of unbranched alkanes of at least 4 members (excludes halogenated alkanes) is 37. The van der Waals surface area contributed by atoms with Crippen LogP contribution >= 0.6 is 0 Å². The average molecular weight is 1010 g/mol. The molecule has 6 unspecified atom stereocenters. The van der Waals surface area contributed by atoms with Crippen LogP contribution < -0.4 is 0 Å². The van der Waals surface area contributed by atoms with Crippen LogP contribution in [0, 0.1) is 0 Å². The highest BCUT2D eigenvalue weighted by atomic mass is 32.3. The molecule has 1 heterocycles. The van der Waals surface area contributed by atoms with Gasteiger partial charge in [-0.25, -0.2) is 4.18 Å². The Labute approximate surface area is 423 Å². The van der Waals surface area contributed by atoms with E-state index in [0.29, 0.717) is 13.0 Å². The molecule has 0 spiro atoms. The van der Waals surface area contributed by atoms with E-state index in [1.165, 1.54) is 205 Å². The van der Waals surface area contributed by atoms with Crippen molar-refractivity contribution in [3.63, 3.8) is 0 Å². The smallest absolute Gasteiger partial charge is 0.397 e. The molecular formula is C56H108O12S. The highest BCUT2D eigenvalue weighted by Gasteiger charge is 2.48. The van der Waals surface area contributed by atoms with E-state index in [9.17, 15) is 33.1 Å². The lowest BCUT2D eigenvalue weighted by atomic mass is 9.99. The van der Waals surface area contributed by atoms with Gasteiger partial charge in [-0.2, -0.15) is 8.42 Å². The van der Waals surface area contributed by atoms with Gasteiger partial charge in [0.25, 0.3) is 0 Å². The summed E-state index contributed by atoms with van der Waals surface area (Å²) in [6, 6.07) is 0. The molecule has 410 valence electrons. The van der Waals surface area contributed by atoms with Crippen molar-refractivity contribution in [2.75, 3.05) is 26.4 Å². The molecule has 0 aromatic rings. The second kappa shape index (κ2) is 47.8. The van der Waals surface area contributed by atoms with Crippen molar-refractivity contribution in [3.05, 3.63) is 12.2 Å². The van der Waals surface area contributed by atoms with Crippen molar-refractivity contribution in [2.45, 2.75) is 314 Å². The number of hydrogen-bond acceptors (Lipinski definition) is 11. The molecule has 1 aliphatic rings. The van der Waals surface area contributed by atoms with Gasteiger partial charge in [0.05, 0.1) is 19.8 Å². The lowest BCUT2D eigenvalue weighted by Gasteiger charge is -2.41. The molecule has 4 N–H and O–H groups in total. The van der Waals surface area contributed by atoms with Crippen LogP contribution in [0.15, 0.2) is 12.2 Å². The van der Waals surface area contributed by atoms with Gasteiger partial charge >= 0.3 is 16.4 Å². The maximum atomic E-state index is 12.9. The zero-order valence-electron chi connectivity index (χ0n) is 44.4. The van der Waals surface area contributed by atoms with Crippen molar-refractivity contribution in [1.29, 1.82) is 0 Å². The Morgan fingerprint density at radius 1 is 0.536 bits per heavy atom. The number of rotatable bonds is 52. The predicted octanol–water partition coefficient (Wildman–Crippen LogP) is 14.1. The van der Waals surface area contributed by atoms with Gasteiger partial charge in [0, 0.05) is 13.0 Å². The first-order valence-corrected chi connectivity index (χ1v) is 30.3. The summed E-state index contributed by atoms with van der Waals surface area (Å²) in [5, 5.41) is 30.8. The molecule has 1 rings (SSSR count). The number of ether oxygens (including phenoxy) is 4. The molecule has 1 aliphatic heterocycles. The van der Waals surface area contributed by atoms with E-state index in [2.05, 4.69) is 30.2 Å². The van der Waals surface area contributed by atoms with Crippen LogP contribution in [-0.4, -0.2) is 97.5 Å². The second-order valence-electron chi connectivity index (χ2n) is 20.2. The standard InChI is InChI=1S/C56H108O12S/c1-3-5-7-9-11-13-15-17-19-21-23-24-25-26-27-28-30-32-34-36-38-40-42-44-46-64-48-50(49-65-56-54(60)55(68-69(61,62)63)53(59)51(47-57)67-56)66-52(58)45-43-41-39-37-35-33-31-29-22-20-18-16-14-12-10-8-6-4-2/h20,22,50-51,53-57,59-60H,3-19,21,23-49H2,1-2H3,(H,61,62,63)/b22-20-. The van der Waals surface area contributed by atoms with Gasteiger partial charge in [0.1, 0.15) is 30.5 Å². The van der Waals surface area contributed by atoms with Gasteiger partial charge in [0.15, 0.2) is 6.29 Å². The summed E-state index contributed by atoms with van der Waals surface area (Å²) >= 11 is 0. The molecule has 0 amide bonds. The molecule has 0 saturated carbocycles. The van der Waals surface area contributed by atoms with Gasteiger partial charge in [-0.05, 0) is 38.5 Å². The molecule has 12 nitrogen and oxygen atoms in total. The van der Waals surface area contributed by atoms with E-state index in [-0.39, 0.29) is 19.6 Å². The van der Waals surface area contributed by atoms with Crippen LogP contribution in [0.4, 0.5) is 0 Å². The minimum atomic E-state index is -5.06. The van der Waals surface area contributed by atoms with Crippen LogP contribution in [-0.2, 0) is 38.3 Å². The highest BCUT2D eigenvalue weighted by molar-refractivity contribution is 7.80. The summed E-state index contributed by atoms with van der Waals surface area (Å²) in [5.41, 5.74) is 0. The van der Waals surface area contributed by atoms with E-state index in [1.54, 1.807) is 0 Å². The minimum absolute atomic E-state index is 0.0409. The van der Waals surface area contributed by atoms with Gasteiger partial charge < -0.3 is 34.3 Å². The zero-order chi connectivity index (χ0) is 50.3. The first kappa shape index (κ1) is 65.9. The van der Waals surface area contributed by atoms with E-state index in [0.717, 1.165) is 44.9 Å². The van der Waals surface area contributed by atoms with Crippen molar-refractivity contribution >= 4 is 16.4 Å². The third-order valence-corrected chi connectivity index (χ3v) is 14.1. The van der Waals surface area contributed by atoms with Gasteiger partial charge in [-0.3, -0.25) is 9.35 Å². The van der Waals surface area contributed by atoms with Crippen molar-refractivity contribution < 1.29 is 56.2 Å². The summed E-state index contributed by atoms with van der Waals surface area (Å²) in [4.78, 5) is 12.9. The van der Waals surface area contributed by atoms with Crippen LogP contribution in [0.1, 0.15) is 277 Å². The molecule has 1 saturated heterocycles. The van der Waals surface area contributed by atoms with E-state index in [1.807, 2.05) is 0 Å². The number of hydrogen-bond donors (Lipinski definition) is 4. The number of aliphatic hydroxyl groups excluding tert-OH is 3. The summed E-state index contributed by atoms with van der Waals surface area (Å²) in [7, 11) is -5.06. The number of allylic oxidation sites excluding steroid dienone is 2. The fraction of sp³-hybridized carbons (Fsp3) is 0.946. The zero-order valence-corrected chi connectivity index (χ0v) is 45.2. The quantitative estimate of drug-likeness (QED) is 0.0196. The maximum absolute atomic E-state index is 12.9. The lowest BCUT2D eigenvalue weighted by molar-refractivity contribution is -0.301. The van der Waals surface area contributed by atoms with Crippen LogP contribution in [0.2, 0.25) is 0 Å². The summed E-state index contributed by atoms with van der Waals surface area (Å²) < 4.78 is 59.4. The topological polar surface area (TPSA) is 178 Å². The van der Waals surface area contributed by atoms with E-state index < -0.39 is 59.8 Å². The third-order valence-electron chi connectivity index (χ3n) is 13.6. The Morgan fingerprint density at radius 2 is 0.913 bits per heavy atom. The first-order valence-electron chi connectivity index (χ1n) is 28.9. The molecule has 6 atom stereocenters. The maximum Gasteiger partial charge on any atom is 0.397 e. The van der Waals surface area contributed by atoms with Gasteiger partial charge in [0.2, 0.25) is 0 Å². The summed E-state index contributed by atoms with van der Waals surface area (Å²) in [6.45, 7) is 4.05. The summed E-state index contributed by atoms with van der Waals surface area (Å²) in [5.74, 6) is -0.397. The number of esters is 1. The molecule has 0 radical (unpaired) electrons. The largest absolute Gasteiger partial charge is 0.457 e. The molecule has 0 aromatic heterocycles. The molecular weight excluding hydrogens is 897 g/mol. The molecule has 0 aliphatic carbocycles. The Balaban J connectivity index is 2.27. The Morgan fingerprint density at radius 3 is 1.30 bits per heavy atom. The molecule has 1 fully saturated rings. The van der Waals surface area contributed by atoms with Crippen LogP contribution in [0.5, 0.6) is 0 Å².